The van der Waals surface area contributed by atoms with E-state index in [0.717, 1.165) is 22.2 Å². The highest BCUT2D eigenvalue weighted by atomic mass is 19.1. The Balaban J connectivity index is 2.06. The fourth-order valence-corrected chi connectivity index (χ4v) is 2.38. The molecule has 98 valence electrons. The van der Waals surface area contributed by atoms with Gasteiger partial charge in [0.25, 0.3) is 0 Å². The average Bonchev–Trinajstić information content (AvgIpc) is 2.33. The van der Waals surface area contributed by atoms with Crippen LogP contribution in [0.3, 0.4) is 0 Å². The molecule has 1 saturated heterocycles. The molecule has 19 heavy (non-hydrogen) atoms. The molecule has 0 saturated carbocycles. The van der Waals surface area contributed by atoms with Gasteiger partial charge in [-0.2, -0.15) is 0 Å². The standard InChI is InChI=1S/C14H14FN3O/c1-8-2-9-3-10(14(16)19)5-17-12(9)4-13(8)18-6-11(15)7-18/h2-5,11H,6-7H2,1H3,(H2,16,19). The largest absolute Gasteiger partial charge is 0.366 e. The van der Waals surface area contributed by atoms with Gasteiger partial charge in [-0.05, 0) is 30.7 Å². The second-order valence-electron chi connectivity index (χ2n) is 4.92. The number of nitrogens with zero attached hydrogens (tertiary/aromatic N) is 2. The topological polar surface area (TPSA) is 59.2 Å². The maximum absolute atomic E-state index is 12.9. The minimum atomic E-state index is -0.736. The first kappa shape index (κ1) is 11.9. The molecule has 4 nitrogen and oxygen atoms in total. The smallest absolute Gasteiger partial charge is 0.250 e. The van der Waals surface area contributed by atoms with Crippen LogP contribution in [-0.2, 0) is 0 Å². The van der Waals surface area contributed by atoms with Crippen LogP contribution in [0.5, 0.6) is 0 Å². The van der Waals surface area contributed by atoms with Crippen molar-refractivity contribution in [3.8, 4) is 0 Å². The second kappa shape index (κ2) is 4.19. The van der Waals surface area contributed by atoms with Crippen LogP contribution in [0.25, 0.3) is 10.9 Å². The number of carbonyl (C=O) groups is 1. The van der Waals surface area contributed by atoms with Gasteiger partial charge in [-0.15, -0.1) is 0 Å². The van der Waals surface area contributed by atoms with Gasteiger partial charge in [0.15, 0.2) is 0 Å². The summed E-state index contributed by atoms with van der Waals surface area (Å²) in [4.78, 5) is 17.4. The fraction of sp³-hybridized carbons (Fsp3) is 0.286. The van der Waals surface area contributed by atoms with Crippen molar-refractivity contribution >= 4 is 22.5 Å². The van der Waals surface area contributed by atoms with E-state index in [1.54, 1.807) is 6.07 Å². The van der Waals surface area contributed by atoms with Crippen molar-refractivity contribution in [1.29, 1.82) is 0 Å². The van der Waals surface area contributed by atoms with Crippen LogP contribution in [0.15, 0.2) is 24.4 Å². The lowest BCUT2D eigenvalue weighted by atomic mass is 10.0. The van der Waals surface area contributed by atoms with Crippen LogP contribution in [0.1, 0.15) is 15.9 Å². The molecule has 2 N–H and O–H groups in total. The van der Waals surface area contributed by atoms with Crippen molar-refractivity contribution < 1.29 is 9.18 Å². The summed E-state index contributed by atoms with van der Waals surface area (Å²) in [5.74, 6) is -0.487. The van der Waals surface area contributed by atoms with E-state index in [2.05, 4.69) is 4.98 Å². The van der Waals surface area contributed by atoms with Gasteiger partial charge < -0.3 is 10.6 Å². The fourth-order valence-electron chi connectivity index (χ4n) is 2.38. The third-order valence-electron chi connectivity index (χ3n) is 3.46. The van der Waals surface area contributed by atoms with Crippen LogP contribution in [0.2, 0.25) is 0 Å². The summed E-state index contributed by atoms with van der Waals surface area (Å²) in [7, 11) is 0. The lowest BCUT2D eigenvalue weighted by molar-refractivity contribution is 0.1000. The molecule has 1 amide bonds. The maximum Gasteiger partial charge on any atom is 0.250 e. The van der Waals surface area contributed by atoms with Gasteiger partial charge in [-0.3, -0.25) is 9.78 Å². The highest BCUT2D eigenvalue weighted by Gasteiger charge is 2.27. The van der Waals surface area contributed by atoms with Crippen LogP contribution >= 0.6 is 0 Å². The molecule has 1 aromatic carbocycles. The second-order valence-corrected chi connectivity index (χ2v) is 4.92. The molecule has 1 aliphatic rings. The van der Waals surface area contributed by atoms with E-state index in [9.17, 15) is 9.18 Å². The summed E-state index contributed by atoms with van der Waals surface area (Å²) in [5.41, 5.74) is 8.46. The number of hydrogen-bond acceptors (Lipinski definition) is 3. The molecule has 1 aliphatic heterocycles. The number of anilines is 1. The quantitative estimate of drug-likeness (QED) is 0.894. The van der Waals surface area contributed by atoms with Crippen molar-refractivity contribution in [2.75, 3.05) is 18.0 Å². The van der Waals surface area contributed by atoms with Gasteiger partial charge in [0.05, 0.1) is 24.2 Å². The summed E-state index contributed by atoms with van der Waals surface area (Å²) in [6.45, 7) is 2.84. The third kappa shape index (κ3) is 2.01. The van der Waals surface area contributed by atoms with Gasteiger partial charge in [-0.1, -0.05) is 0 Å². The van der Waals surface area contributed by atoms with Crippen molar-refractivity contribution in [3.05, 3.63) is 35.5 Å². The third-order valence-corrected chi connectivity index (χ3v) is 3.46. The summed E-state index contributed by atoms with van der Waals surface area (Å²) in [6, 6.07) is 5.62. The number of hydrogen-bond donors (Lipinski definition) is 1. The van der Waals surface area contributed by atoms with Gasteiger partial charge in [0.2, 0.25) is 5.91 Å². The SMILES string of the molecule is Cc1cc2cc(C(N)=O)cnc2cc1N1CC(F)C1. The predicted octanol–water partition coefficient (Wildman–Crippen LogP) is 1.80. The number of carbonyl (C=O) groups excluding carboxylic acids is 1. The molecule has 1 fully saturated rings. The average molecular weight is 259 g/mol. The zero-order valence-corrected chi connectivity index (χ0v) is 10.6. The van der Waals surface area contributed by atoms with Crippen LogP contribution in [0.4, 0.5) is 10.1 Å². The first-order chi connectivity index (χ1) is 9.04. The molecule has 0 spiro atoms. The summed E-state index contributed by atoms with van der Waals surface area (Å²) < 4.78 is 12.9. The van der Waals surface area contributed by atoms with E-state index in [1.165, 1.54) is 6.20 Å². The Hall–Kier alpha value is -2.17. The minimum absolute atomic E-state index is 0.396. The molecule has 0 bridgehead atoms. The number of rotatable bonds is 2. The molecule has 0 aliphatic carbocycles. The van der Waals surface area contributed by atoms with Crippen LogP contribution in [0, 0.1) is 6.92 Å². The lowest BCUT2D eigenvalue weighted by Crippen LogP contribution is -2.48. The molecule has 5 heteroatoms. The van der Waals surface area contributed by atoms with Crippen molar-refractivity contribution in [1.82, 2.24) is 4.98 Å². The van der Waals surface area contributed by atoms with E-state index >= 15 is 0 Å². The molecule has 2 heterocycles. The Kier molecular flexibility index (Phi) is 2.62. The predicted molar refractivity (Wildman–Crippen MR) is 72.1 cm³/mol. The number of halogens is 1. The van der Waals surface area contributed by atoms with Crippen LogP contribution in [-0.4, -0.2) is 30.2 Å². The number of fused-ring (bicyclic) bond motifs is 1. The molecular formula is C14H14FN3O. The summed E-state index contributed by atoms with van der Waals surface area (Å²) in [5, 5.41) is 0.870. The van der Waals surface area contributed by atoms with Gasteiger partial charge in [0.1, 0.15) is 6.17 Å². The number of nitrogens with two attached hydrogens (primary N) is 1. The highest BCUT2D eigenvalue weighted by molar-refractivity contribution is 5.96. The Labute approximate surface area is 110 Å². The Morgan fingerprint density at radius 3 is 2.79 bits per heavy atom. The summed E-state index contributed by atoms with van der Waals surface area (Å²) in [6.07, 6.45) is 0.734. The lowest BCUT2D eigenvalue weighted by Gasteiger charge is -2.37. The van der Waals surface area contributed by atoms with Crippen molar-refractivity contribution in [3.63, 3.8) is 0 Å². The number of aryl methyl sites for hydroxylation is 1. The van der Waals surface area contributed by atoms with Gasteiger partial charge in [-0.25, -0.2) is 4.39 Å². The molecular weight excluding hydrogens is 245 g/mol. The minimum Gasteiger partial charge on any atom is -0.366 e. The zero-order valence-electron chi connectivity index (χ0n) is 10.6. The highest BCUT2D eigenvalue weighted by Crippen LogP contribution is 2.29. The Bertz CT molecular complexity index is 665. The van der Waals surface area contributed by atoms with E-state index < -0.39 is 12.1 Å². The van der Waals surface area contributed by atoms with Crippen molar-refractivity contribution in [2.24, 2.45) is 5.73 Å². The van der Waals surface area contributed by atoms with E-state index in [4.69, 9.17) is 5.73 Å². The van der Waals surface area contributed by atoms with Crippen molar-refractivity contribution in [2.45, 2.75) is 13.1 Å². The first-order valence-corrected chi connectivity index (χ1v) is 6.14. The number of amides is 1. The zero-order chi connectivity index (χ0) is 13.6. The van der Waals surface area contributed by atoms with Gasteiger partial charge in [0, 0.05) is 17.3 Å². The number of alkyl halides is 1. The molecule has 0 radical (unpaired) electrons. The number of aromatic nitrogens is 1. The monoisotopic (exact) mass is 259 g/mol. The molecule has 0 atom stereocenters. The molecule has 3 rings (SSSR count). The van der Waals surface area contributed by atoms with Gasteiger partial charge >= 0.3 is 0 Å². The molecule has 0 unspecified atom stereocenters. The van der Waals surface area contributed by atoms with E-state index in [-0.39, 0.29) is 0 Å². The first-order valence-electron chi connectivity index (χ1n) is 6.14. The number of pyridine rings is 1. The Morgan fingerprint density at radius 2 is 2.16 bits per heavy atom. The normalized spacial score (nSPS) is 15.6. The van der Waals surface area contributed by atoms with Crippen LogP contribution < -0.4 is 10.6 Å². The number of benzene rings is 1. The number of primary amides is 1. The summed E-state index contributed by atoms with van der Waals surface area (Å²) >= 11 is 0. The molecule has 2 aromatic rings. The van der Waals surface area contributed by atoms with E-state index in [1.807, 2.05) is 24.0 Å². The Morgan fingerprint density at radius 1 is 1.42 bits per heavy atom. The van der Waals surface area contributed by atoms with E-state index in [0.29, 0.717) is 18.7 Å². The maximum atomic E-state index is 12.9. The molecule has 1 aromatic heterocycles.